The number of nitrogens with zero attached hydrogens (tertiary/aromatic N) is 1. The maximum Gasteiger partial charge on any atom is 0.0721 e. The van der Waals surface area contributed by atoms with Crippen LogP contribution in [0.1, 0.15) is 26.3 Å². The topological polar surface area (TPSA) is 26.2 Å². The summed E-state index contributed by atoms with van der Waals surface area (Å²) in [5.41, 5.74) is 1.33. The number of nitrogens with one attached hydrogen (secondary N) is 1. The Balaban J connectivity index is 2.42. The van der Waals surface area contributed by atoms with Gasteiger partial charge in [-0.3, -0.25) is 0 Å². The van der Waals surface area contributed by atoms with E-state index >= 15 is 0 Å². The van der Waals surface area contributed by atoms with Gasteiger partial charge in [0.1, 0.15) is 0 Å². The molecule has 3 nitrogen and oxygen atoms in total. The van der Waals surface area contributed by atoms with Crippen LogP contribution in [0.4, 0.5) is 0 Å². The second-order valence-electron chi connectivity index (χ2n) is 4.30. The van der Waals surface area contributed by atoms with Crippen molar-refractivity contribution in [1.82, 2.24) is 9.88 Å². The lowest BCUT2D eigenvalue weighted by molar-refractivity contribution is 0.103. The molecule has 1 rings (SSSR count). The summed E-state index contributed by atoms with van der Waals surface area (Å²) in [5.74, 6) is 0. The Morgan fingerprint density at radius 1 is 1.40 bits per heavy atom. The highest BCUT2D eigenvalue weighted by atomic mass is 16.5. The summed E-state index contributed by atoms with van der Waals surface area (Å²) < 4.78 is 7.40. The van der Waals surface area contributed by atoms with Crippen LogP contribution in [0.5, 0.6) is 0 Å². The zero-order valence-electron chi connectivity index (χ0n) is 10.2. The predicted octanol–water partition coefficient (Wildman–Crippen LogP) is 2.02. The smallest absolute Gasteiger partial charge is 0.0721 e. The van der Waals surface area contributed by atoms with E-state index in [4.69, 9.17) is 4.74 Å². The molecule has 1 unspecified atom stereocenters. The first-order valence-corrected chi connectivity index (χ1v) is 5.52. The number of ether oxygens (including phenoxy) is 1. The minimum absolute atomic E-state index is 0.267. The molecule has 0 bridgehead atoms. The highest BCUT2D eigenvalue weighted by Crippen LogP contribution is 2.03. The molecule has 0 aliphatic carbocycles. The van der Waals surface area contributed by atoms with Crippen molar-refractivity contribution in [3.63, 3.8) is 0 Å². The second kappa shape index (κ2) is 5.93. The summed E-state index contributed by atoms with van der Waals surface area (Å²) in [7, 11) is 1.75. The van der Waals surface area contributed by atoms with Crippen molar-refractivity contribution < 1.29 is 4.74 Å². The number of rotatable bonds is 6. The summed E-state index contributed by atoms with van der Waals surface area (Å²) in [6, 6.07) is 2.68. The standard InChI is InChI=1S/C12H22N2O/c1-10(2)13-7-12-5-6-14(9-12)8-11(3)15-4/h5-6,9-11,13H,7-8H2,1-4H3. The molecule has 0 saturated heterocycles. The van der Waals surface area contributed by atoms with Gasteiger partial charge in [-0.05, 0) is 18.6 Å². The van der Waals surface area contributed by atoms with Crippen LogP contribution in [0.3, 0.4) is 0 Å². The summed E-state index contributed by atoms with van der Waals surface area (Å²) in [4.78, 5) is 0. The van der Waals surface area contributed by atoms with Crippen molar-refractivity contribution in [3.8, 4) is 0 Å². The van der Waals surface area contributed by atoms with Crippen LogP contribution in [0, 0.1) is 0 Å². The molecule has 1 atom stereocenters. The predicted molar refractivity (Wildman–Crippen MR) is 62.9 cm³/mol. The van der Waals surface area contributed by atoms with Gasteiger partial charge in [0.2, 0.25) is 0 Å². The zero-order valence-corrected chi connectivity index (χ0v) is 10.2. The highest BCUT2D eigenvalue weighted by molar-refractivity contribution is 5.10. The zero-order chi connectivity index (χ0) is 11.3. The quantitative estimate of drug-likeness (QED) is 0.777. The van der Waals surface area contributed by atoms with E-state index in [0.29, 0.717) is 6.04 Å². The first-order valence-electron chi connectivity index (χ1n) is 5.52. The Morgan fingerprint density at radius 3 is 2.73 bits per heavy atom. The van der Waals surface area contributed by atoms with Crippen molar-refractivity contribution in [3.05, 3.63) is 24.0 Å². The SMILES string of the molecule is COC(C)Cn1ccc(CNC(C)C)c1. The van der Waals surface area contributed by atoms with Gasteiger partial charge in [0.05, 0.1) is 6.10 Å². The third kappa shape index (κ3) is 4.49. The second-order valence-corrected chi connectivity index (χ2v) is 4.30. The molecule has 0 fully saturated rings. The fraction of sp³-hybridized carbons (Fsp3) is 0.667. The van der Waals surface area contributed by atoms with E-state index in [0.717, 1.165) is 13.1 Å². The number of methoxy groups -OCH3 is 1. The molecule has 0 amide bonds. The molecular formula is C12H22N2O. The molecule has 0 radical (unpaired) electrons. The molecule has 3 heteroatoms. The van der Waals surface area contributed by atoms with Gasteiger partial charge in [0.15, 0.2) is 0 Å². The molecule has 0 saturated carbocycles. The Labute approximate surface area is 92.4 Å². The molecule has 86 valence electrons. The highest BCUT2D eigenvalue weighted by Gasteiger charge is 2.02. The molecule has 15 heavy (non-hydrogen) atoms. The van der Waals surface area contributed by atoms with Gasteiger partial charge in [0.25, 0.3) is 0 Å². The fourth-order valence-corrected chi connectivity index (χ4v) is 1.40. The summed E-state index contributed by atoms with van der Waals surface area (Å²) in [6.45, 7) is 8.24. The fourth-order valence-electron chi connectivity index (χ4n) is 1.40. The van der Waals surface area contributed by atoms with Gasteiger partial charge in [-0.2, -0.15) is 0 Å². The van der Waals surface area contributed by atoms with Crippen molar-refractivity contribution in [2.24, 2.45) is 0 Å². The van der Waals surface area contributed by atoms with Gasteiger partial charge in [0, 0.05) is 38.6 Å². The van der Waals surface area contributed by atoms with Gasteiger partial charge in [-0.1, -0.05) is 13.8 Å². The third-order valence-electron chi connectivity index (χ3n) is 2.40. The maximum atomic E-state index is 5.23. The van der Waals surface area contributed by atoms with Crippen LogP contribution in [-0.4, -0.2) is 23.8 Å². The van der Waals surface area contributed by atoms with E-state index in [1.165, 1.54) is 5.56 Å². The lowest BCUT2D eigenvalue weighted by atomic mass is 10.3. The minimum atomic E-state index is 0.267. The summed E-state index contributed by atoms with van der Waals surface area (Å²) >= 11 is 0. The average molecular weight is 210 g/mol. The van der Waals surface area contributed by atoms with Crippen LogP contribution in [-0.2, 0) is 17.8 Å². The van der Waals surface area contributed by atoms with Crippen molar-refractivity contribution in [2.75, 3.05) is 7.11 Å². The molecule has 1 aromatic heterocycles. The van der Waals surface area contributed by atoms with Crippen LogP contribution in [0.15, 0.2) is 18.5 Å². The van der Waals surface area contributed by atoms with E-state index in [-0.39, 0.29) is 6.10 Å². The number of hydrogen-bond acceptors (Lipinski definition) is 2. The van der Waals surface area contributed by atoms with Crippen molar-refractivity contribution >= 4 is 0 Å². The van der Waals surface area contributed by atoms with E-state index in [2.05, 4.69) is 49.1 Å². The molecular weight excluding hydrogens is 188 g/mol. The minimum Gasteiger partial charge on any atom is -0.380 e. The molecule has 1 heterocycles. The largest absolute Gasteiger partial charge is 0.380 e. The van der Waals surface area contributed by atoms with E-state index < -0.39 is 0 Å². The van der Waals surface area contributed by atoms with Crippen LogP contribution in [0.25, 0.3) is 0 Å². The molecule has 0 aromatic carbocycles. The number of hydrogen-bond donors (Lipinski definition) is 1. The first kappa shape index (κ1) is 12.3. The molecule has 0 aliphatic heterocycles. The van der Waals surface area contributed by atoms with E-state index in [1.807, 2.05) is 0 Å². The van der Waals surface area contributed by atoms with E-state index in [9.17, 15) is 0 Å². The van der Waals surface area contributed by atoms with E-state index in [1.54, 1.807) is 7.11 Å². The van der Waals surface area contributed by atoms with Gasteiger partial charge in [-0.25, -0.2) is 0 Å². The third-order valence-corrected chi connectivity index (χ3v) is 2.40. The lowest BCUT2D eigenvalue weighted by Crippen LogP contribution is -2.21. The molecule has 0 aliphatic rings. The Kier molecular flexibility index (Phi) is 4.85. The molecule has 1 N–H and O–H groups in total. The van der Waals surface area contributed by atoms with Crippen LogP contribution >= 0.6 is 0 Å². The average Bonchev–Trinajstić information content (AvgIpc) is 2.62. The first-order chi connectivity index (χ1) is 7.11. The van der Waals surface area contributed by atoms with Crippen molar-refractivity contribution in [2.45, 2.75) is 46.0 Å². The maximum absolute atomic E-state index is 5.23. The van der Waals surface area contributed by atoms with Gasteiger partial charge in [-0.15, -0.1) is 0 Å². The summed E-state index contributed by atoms with van der Waals surface area (Å²) in [6.07, 6.45) is 4.54. The monoisotopic (exact) mass is 210 g/mol. The van der Waals surface area contributed by atoms with Crippen LogP contribution < -0.4 is 5.32 Å². The Hall–Kier alpha value is -0.800. The molecule has 0 spiro atoms. The van der Waals surface area contributed by atoms with Crippen molar-refractivity contribution in [1.29, 1.82) is 0 Å². The lowest BCUT2D eigenvalue weighted by Gasteiger charge is -2.10. The van der Waals surface area contributed by atoms with Gasteiger partial charge >= 0.3 is 0 Å². The normalized spacial score (nSPS) is 13.4. The molecule has 1 aromatic rings. The Morgan fingerprint density at radius 2 is 2.13 bits per heavy atom. The summed E-state index contributed by atoms with van der Waals surface area (Å²) in [5, 5.41) is 3.40. The number of aromatic nitrogens is 1. The Bertz CT molecular complexity index is 281. The van der Waals surface area contributed by atoms with Gasteiger partial charge < -0.3 is 14.6 Å². The van der Waals surface area contributed by atoms with Crippen LogP contribution in [0.2, 0.25) is 0 Å².